The molecule has 0 bridgehead atoms. The van der Waals surface area contributed by atoms with E-state index in [-0.39, 0.29) is 5.56 Å². The summed E-state index contributed by atoms with van der Waals surface area (Å²) in [7, 11) is 0. The summed E-state index contributed by atoms with van der Waals surface area (Å²) in [6.07, 6.45) is 0.249. The average Bonchev–Trinajstić information content (AvgIpc) is 2.71. The number of hydrogen-bond acceptors (Lipinski definition) is 1. The van der Waals surface area contributed by atoms with Crippen LogP contribution in [0.25, 0.3) is 0 Å². The van der Waals surface area contributed by atoms with Crippen LogP contribution in [0.2, 0.25) is 0 Å². The molecule has 0 spiro atoms. The lowest BCUT2D eigenvalue weighted by molar-refractivity contribution is 0.273. The van der Waals surface area contributed by atoms with Gasteiger partial charge in [-0.1, -0.05) is 18.2 Å². The Morgan fingerprint density at radius 3 is 2.87 bits per heavy atom. The van der Waals surface area contributed by atoms with Gasteiger partial charge >= 0.3 is 0 Å². The summed E-state index contributed by atoms with van der Waals surface area (Å²) >= 11 is 0. The highest BCUT2D eigenvalue weighted by Crippen LogP contribution is 2.29. The van der Waals surface area contributed by atoms with Crippen molar-refractivity contribution in [1.82, 2.24) is 5.32 Å². The lowest BCUT2D eigenvalue weighted by Gasteiger charge is -2.13. The van der Waals surface area contributed by atoms with Crippen LogP contribution in [0, 0.1) is 11.7 Å². The van der Waals surface area contributed by atoms with Crippen molar-refractivity contribution < 1.29 is 8.78 Å². The standard InChI is InChI=1S/C12H15F2N/c13-11-4-2-1-3-10(11)12(14)7-9-5-6-15-8-9/h1-4,9,12,15H,5-8H2. The maximum Gasteiger partial charge on any atom is 0.129 e. The molecule has 82 valence electrons. The van der Waals surface area contributed by atoms with Crippen LogP contribution in [0.1, 0.15) is 24.6 Å². The number of alkyl halides is 1. The zero-order valence-electron chi connectivity index (χ0n) is 8.55. The van der Waals surface area contributed by atoms with Gasteiger partial charge in [-0.05, 0) is 37.9 Å². The molecule has 2 atom stereocenters. The van der Waals surface area contributed by atoms with Gasteiger partial charge in [0.25, 0.3) is 0 Å². The van der Waals surface area contributed by atoms with E-state index in [1.54, 1.807) is 12.1 Å². The third-order valence-corrected chi connectivity index (χ3v) is 2.95. The summed E-state index contributed by atoms with van der Waals surface area (Å²) in [6, 6.07) is 6.11. The predicted octanol–water partition coefficient (Wildman–Crippen LogP) is 2.84. The summed E-state index contributed by atoms with van der Waals surface area (Å²) in [5.41, 5.74) is 0.199. The second-order valence-corrected chi connectivity index (χ2v) is 4.08. The smallest absolute Gasteiger partial charge is 0.129 e. The minimum absolute atomic E-state index is 0.199. The molecule has 1 aromatic carbocycles. The Labute approximate surface area is 88.5 Å². The maximum atomic E-state index is 13.8. The van der Waals surface area contributed by atoms with Crippen LogP contribution in [0.5, 0.6) is 0 Å². The van der Waals surface area contributed by atoms with E-state index in [2.05, 4.69) is 5.32 Å². The Balaban J connectivity index is 2.00. The molecule has 0 amide bonds. The van der Waals surface area contributed by atoms with E-state index < -0.39 is 12.0 Å². The van der Waals surface area contributed by atoms with E-state index in [1.807, 2.05) is 0 Å². The van der Waals surface area contributed by atoms with E-state index in [4.69, 9.17) is 0 Å². The minimum Gasteiger partial charge on any atom is -0.316 e. The first-order chi connectivity index (χ1) is 7.27. The fourth-order valence-corrected chi connectivity index (χ4v) is 2.06. The first-order valence-electron chi connectivity index (χ1n) is 5.36. The van der Waals surface area contributed by atoms with E-state index in [1.165, 1.54) is 12.1 Å². The number of hydrogen-bond donors (Lipinski definition) is 1. The summed E-state index contributed by atoms with van der Waals surface area (Å²) in [5.74, 6) is -0.0874. The van der Waals surface area contributed by atoms with Gasteiger partial charge in [0, 0.05) is 5.56 Å². The molecule has 1 fully saturated rings. The topological polar surface area (TPSA) is 12.0 Å². The third kappa shape index (κ3) is 2.53. The highest BCUT2D eigenvalue weighted by molar-refractivity contribution is 5.19. The Bertz CT molecular complexity index is 321. The molecular weight excluding hydrogens is 196 g/mol. The fraction of sp³-hybridized carbons (Fsp3) is 0.500. The predicted molar refractivity (Wildman–Crippen MR) is 55.8 cm³/mol. The molecule has 15 heavy (non-hydrogen) atoms. The quantitative estimate of drug-likeness (QED) is 0.810. The monoisotopic (exact) mass is 211 g/mol. The van der Waals surface area contributed by atoms with Crippen LogP contribution in [0.15, 0.2) is 24.3 Å². The molecule has 0 radical (unpaired) electrons. The molecule has 1 aliphatic heterocycles. The number of benzene rings is 1. The molecule has 1 saturated heterocycles. The SMILES string of the molecule is Fc1ccccc1C(F)CC1CCNC1. The summed E-state index contributed by atoms with van der Waals surface area (Å²) in [5, 5.41) is 3.18. The molecule has 0 saturated carbocycles. The van der Waals surface area contributed by atoms with Crippen molar-refractivity contribution in [3.63, 3.8) is 0 Å². The first kappa shape index (κ1) is 10.6. The Kier molecular flexibility index (Phi) is 3.31. The average molecular weight is 211 g/mol. The largest absolute Gasteiger partial charge is 0.316 e. The molecule has 2 unspecified atom stereocenters. The van der Waals surface area contributed by atoms with Gasteiger partial charge in [0.1, 0.15) is 12.0 Å². The van der Waals surface area contributed by atoms with Gasteiger partial charge in [-0.3, -0.25) is 0 Å². The van der Waals surface area contributed by atoms with Crippen LogP contribution in [0.3, 0.4) is 0 Å². The highest BCUT2D eigenvalue weighted by atomic mass is 19.1. The van der Waals surface area contributed by atoms with Crippen molar-refractivity contribution in [2.75, 3.05) is 13.1 Å². The third-order valence-electron chi connectivity index (χ3n) is 2.95. The van der Waals surface area contributed by atoms with Gasteiger partial charge in [0.15, 0.2) is 0 Å². The first-order valence-corrected chi connectivity index (χ1v) is 5.36. The highest BCUT2D eigenvalue weighted by Gasteiger charge is 2.22. The van der Waals surface area contributed by atoms with Gasteiger partial charge in [0.2, 0.25) is 0 Å². The van der Waals surface area contributed by atoms with Crippen molar-refractivity contribution in [2.45, 2.75) is 19.0 Å². The van der Waals surface area contributed by atoms with Crippen LogP contribution < -0.4 is 5.32 Å². The molecule has 3 heteroatoms. The zero-order chi connectivity index (χ0) is 10.7. The van der Waals surface area contributed by atoms with Gasteiger partial charge in [-0.2, -0.15) is 0 Å². The van der Waals surface area contributed by atoms with Crippen molar-refractivity contribution in [3.8, 4) is 0 Å². The summed E-state index contributed by atoms with van der Waals surface area (Å²) in [6.45, 7) is 1.81. The van der Waals surface area contributed by atoms with Crippen LogP contribution >= 0.6 is 0 Å². The minimum atomic E-state index is -1.17. The van der Waals surface area contributed by atoms with Crippen molar-refractivity contribution >= 4 is 0 Å². The Morgan fingerprint density at radius 2 is 2.20 bits per heavy atom. The van der Waals surface area contributed by atoms with Gasteiger partial charge in [-0.15, -0.1) is 0 Å². The molecule has 1 heterocycles. The molecule has 0 aliphatic carbocycles. The molecule has 1 nitrogen and oxygen atoms in total. The molecule has 1 aromatic rings. The van der Waals surface area contributed by atoms with Crippen LogP contribution in [-0.4, -0.2) is 13.1 Å². The van der Waals surface area contributed by atoms with E-state index in [0.29, 0.717) is 12.3 Å². The molecule has 1 N–H and O–H groups in total. The van der Waals surface area contributed by atoms with E-state index >= 15 is 0 Å². The molecule has 0 aromatic heterocycles. The second-order valence-electron chi connectivity index (χ2n) is 4.08. The van der Waals surface area contributed by atoms with Crippen molar-refractivity contribution in [2.24, 2.45) is 5.92 Å². The Hall–Kier alpha value is -0.960. The van der Waals surface area contributed by atoms with Gasteiger partial charge in [0.05, 0.1) is 0 Å². The summed E-state index contributed by atoms with van der Waals surface area (Å²) < 4.78 is 27.0. The van der Waals surface area contributed by atoms with Crippen molar-refractivity contribution in [3.05, 3.63) is 35.6 Å². The zero-order valence-corrected chi connectivity index (χ0v) is 8.55. The lowest BCUT2D eigenvalue weighted by atomic mass is 9.97. The van der Waals surface area contributed by atoms with Crippen LogP contribution in [-0.2, 0) is 0 Å². The van der Waals surface area contributed by atoms with E-state index in [9.17, 15) is 8.78 Å². The normalized spacial score (nSPS) is 22.9. The number of rotatable bonds is 3. The van der Waals surface area contributed by atoms with Crippen LogP contribution in [0.4, 0.5) is 8.78 Å². The fourth-order valence-electron chi connectivity index (χ4n) is 2.06. The summed E-state index contributed by atoms with van der Waals surface area (Å²) in [4.78, 5) is 0. The van der Waals surface area contributed by atoms with Gasteiger partial charge < -0.3 is 5.32 Å². The second kappa shape index (κ2) is 4.71. The van der Waals surface area contributed by atoms with E-state index in [0.717, 1.165) is 19.5 Å². The maximum absolute atomic E-state index is 13.8. The Morgan fingerprint density at radius 1 is 1.40 bits per heavy atom. The number of nitrogens with one attached hydrogen (secondary N) is 1. The lowest BCUT2D eigenvalue weighted by Crippen LogP contribution is -2.11. The molecule has 1 aliphatic rings. The van der Waals surface area contributed by atoms with Gasteiger partial charge in [-0.25, -0.2) is 8.78 Å². The molecule has 2 rings (SSSR count). The molecular formula is C12H15F2N. The van der Waals surface area contributed by atoms with Crippen molar-refractivity contribution in [1.29, 1.82) is 0 Å². The number of halogens is 2.